The van der Waals surface area contributed by atoms with Crippen LogP contribution in [-0.4, -0.2) is 35.7 Å². The molecule has 92 valence electrons. The monoisotopic (exact) mass is 223 g/mol. The van der Waals surface area contributed by atoms with Gasteiger partial charge >= 0.3 is 0 Å². The maximum atomic E-state index is 10.4. The first-order valence-electron chi connectivity index (χ1n) is 6.38. The molecule has 2 nitrogen and oxygen atoms in total. The van der Waals surface area contributed by atoms with E-state index in [1.165, 1.54) is 25.7 Å². The number of aliphatic hydroxyl groups is 1. The molecule has 0 aromatic rings. The van der Waals surface area contributed by atoms with Crippen LogP contribution in [0.15, 0.2) is 0 Å². The highest BCUT2D eigenvalue weighted by molar-refractivity contribution is 5.04. The van der Waals surface area contributed by atoms with E-state index in [9.17, 15) is 5.11 Å². The summed E-state index contributed by atoms with van der Waals surface area (Å²) in [5.74, 6) is 5.90. The van der Waals surface area contributed by atoms with Crippen molar-refractivity contribution in [3.8, 4) is 11.8 Å². The van der Waals surface area contributed by atoms with Gasteiger partial charge in [0.1, 0.15) is 0 Å². The molecule has 0 bridgehead atoms. The molecule has 1 aliphatic carbocycles. The summed E-state index contributed by atoms with van der Waals surface area (Å²) in [6.07, 6.45) is 7.58. The van der Waals surface area contributed by atoms with E-state index in [1.54, 1.807) is 0 Å². The second-order valence-electron chi connectivity index (χ2n) is 5.06. The summed E-state index contributed by atoms with van der Waals surface area (Å²) in [5, 5.41) is 10.4. The lowest BCUT2D eigenvalue weighted by molar-refractivity contribution is -0.0148. The third-order valence-electron chi connectivity index (χ3n) is 3.95. The van der Waals surface area contributed by atoms with E-state index in [0.717, 1.165) is 12.8 Å². The standard InChI is InChI=1S/C14H25NO/c1-4-5-10-13(16)14(15(2)3)11-8-6-7-9-12-14/h13,16H,6-12H2,1-3H3. The van der Waals surface area contributed by atoms with E-state index in [4.69, 9.17) is 0 Å². The lowest BCUT2D eigenvalue weighted by Gasteiger charge is -2.43. The summed E-state index contributed by atoms with van der Waals surface area (Å²) in [4.78, 5) is 2.22. The van der Waals surface area contributed by atoms with Crippen LogP contribution in [0.1, 0.15) is 51.9 Å². The Morgan fingerprint density at radius 1 is 1.19 bits per heavy atom. The molecule has 0 amide bonds. The number of hydrogen-bond acceptors (Lipinski definition) is 2. The van der Waals surface area contributed by atoms with E-state index in [-0.39, 0.29) is 11.6 Å². The Kier molecular flexibility index (Phi) is 5.31. The van der Waals surface area contributed by atoms with Crippen LogP contribution in [0.2, 0.25) is 0 Å². The summed E-state index contributed by atoms with van der Waals surface area (Å²) in [6.45, 7) is 1.84. The Bertz CT molecular complexity index is 254. The van der Waals surface area contributed by atoms with E-state index in [2.05, 4.69) is 30.8 Å². The van der Waals surface area contributed by atoms with Gasteiger partial charge in [0, 0.05) is 12.0 Å². The van der Waals surface area contributed by atoms with Crippen LogP contribution >= 0.6 is 0 Å². The Balaban J connectivity index is 2.79. The second kappa shape index (κ2) is 6.27. The first-order chi connectivity index (χ1) is 7.63. The molecular formula is C14H25NO. The highest BCUT2D eigenvalue weighted by atomic mass is 16.3. The van der Waals surface area contributed by atoms with E-state index < -0.39 is 0 Å². The minimum Gasteiger partial charge on any atom is -0.390 e. The first kappa shape index (κ1) is 13.5. The van der Waals surface area contributed by atoms with Crippen molar-refractivity contribution in [2.45, 2.75) is 63.5 Å². The fourth-order valence-electron chi connectivity index (χ4n) is 2.81. The summed E-state index contributed by atoms with van der Waals surface area (Å²) in [7, 11) is 4.18. The highest BCUT2D eigenvalue weighted by Crippen LogP contribution is 2.35. The highest BCUT2D eigenvalue weighted by Gasteiger charge is 2.39. The van der Waals surface area contributed by atoms with Crippen molar-refractivity contribution in [3.05, 3.63) is 0 Å². The summed E-state index contributed by atoms with van der Waals surface area (Å²) >= 11 is 0. The van der Waals surface area contributed by atoms with Gasteiger partial charge in [-0.05, 0) is 33.9 Å². The van der Waals surface area contributed by atoms with Crippen molar-refractivity contribution in [2.75, 3.05) is 14.1 Å². The normalized spacial score (nSPS) is 22.1. The molecule has 0 heterocycles. The third kappa shape index (κ3) is 2.99. The maximum absolute atomic E-state index is 10.4. The molecule has 0 aliphatic heterocycles. The molecule has 1 aliphatic rings. The smallest absolute Gasteiger partial charge is 0.0832 e. The van der Waals surface area contributed by atoms with E-state index in [1.807, 2.05) is 6.92 Å². The summed E-state index contributed by atoms with van der Waals surface area (Å²) < 4.78 is 0. The van der Waals surface area contributed by atoms with Crippen LogP contribution < -0.4 is 0 Å². The molecular weight excluding hydrogens is 198 g/mol. The van der Waals surface area contributed by atoms with Gasteiger partial charge in [0.25, 0.3) is 0 Å². The average Bonchev–Trinajstić information content (AvgIpc) is 2.52. The van der Waals surface area contributed by atoms with Gasteiger partial charge in [-0.15, -0.1) is 11.8 Å². The molecule has 1 atom stereocenters. The Morgan fingerprint density at radius 3 is 2.19 bits per heavy atom. The molecule has 16 heavy (non-hydrogen) atoms. The zero-order valence-corrected chi connectivity index (χ0v) is 10.9. The molecule has 0 spiro atoms. The Morgan fingerprint density at radius 2 is 1.75 bits per heavy atom. The molecule has 1 saturated carbocycles. The first-order valence-corrected chi connectivity index (χ1v) is 6.38. The van der Waals surface area contributed by atoms with Crippen molar-refractivity contribution < 1.29 is 5.11 Å². The third-order valence-corrected chi connectivity index (χ3v) is 3.95. The molecule has 1 unspecified atom stereocenters. The molecule has 0 aromatic heterocycles. The number of nitrogens with zero attached hydrogens (tertiary/aromatic N) is 1. The molecule has 1 rings (SSSR count). The van der Waals surface area contributed by atoms with Crippen LogP contribution in [0, 0.1) is 11.8 Å². The van der Waals surface area contributed by atoms with Crippen molar-refractivity contribution in [1.29, 1.82) is 0 Å². The van der Waals surface area contributed by atoms with E-state index in [0.29, 0.717) is 6.42 Å². The minimum absolute atomic E-state index is 0.0413. The van der Waals surface area contributed by atoms with Gasteiger partial charge < -0.3 is 10.0 Å². The predicted octanol–water partition coefficient (Wildman–Crippen LogP) is 2.42. The van der Waals surface area contributed by atoms with Gasteiger partial charge in [-0.25, -0.2) is 0 Å². The average molecular weight is 223 g/mol. The summed E-state index contributed by atoms with van der Waals surface area (Å²) in [5.41, 5.74) is -0.0413. The molecule has 0 aromatic carbocycles. The number of aliphatic hydroxyl groups excluding tert-OH is 1. The van der Waals surface area contributed by atoms with Crippen molar-refractivity contribution >= 4 is 0 Å². The van der Waals surface area contributed by atoms with Gasteiger partial charge in [0.05, 0.1) is 6.10 Å². The second-order valence-corrected chi connectivity index (χ2v) is 5.06. The van der Waals surface area contributed by atoms with E-state index >= 15 is 0 Å². The fraction of sp³-hybridized carbons (Fsp3) is 0.857. The minimum atomic E-state index is -0.312. The molecule has 1 fully saturated rings. The Hall–Kier alpha value is -0.520. The number of rotatable bonds is 3. The quantitative estimate of drug-likeness (QED) is 0.587. The van der Waals surface area contributed by atoms with Crippen LogP contribution in [0.4, 0.5) is 0 Å². The van der Waals surface area contributed by atoms with Crippen LogP contribution in [0.3, 0.4) is 0 Å². The topological polar surface area (TPSA) is 23.5 Å². The van der Waals surface area contributed by atoms with Crippen LogP contribution in [-0.2, 0) is 0 Å². The largest absolute Gasteiger partial charge is 0.390 e. The lowest BCUT2D eigenvalue weighted by atomic mass is 9.82. The van der Waals surface area contributed by atoms with Crippen molar-refractivity contribution in [1.82, 2.24) is 4.90 Å². The van der Waals surface area contributed by atoms with Crippen LogP contribution in [0.5, 0.6) is 0 Å². The molecule has 0 saturated heterocycles. The van der Waals surface area contributed by atoms with Gasteiger partial charge in [0.2, 0.25) is 0 Å². The van der Waals surface area contributed by atoms with Crippen molar-refractivity contribution in [3.63, 3.8) is 0 Å². The van der Waals surface area contributed by atoms with Gasteiger partial charge in [-0.2, -0.15) is 0 Å². The summed E-state index contributed by atoms with van der Waals surface area (Å²) in [6, 6.07) is 0. The lowest BCUT2D eigenvalue weighted by Crippen LogP contribution is -2.53. The molecule has 1 N–H and O–H groups in total. The SMILES string of the molecule is CC#CCC(O)C1(N(C)C)CCCCCC1. The number of hydrogen-bond donors (Lipinski definition) is 1. The van der Waals surface area contributed by atoms with Gasteiger partial charge in [-0.3, -0.25) is 0 Å². The van der Waals surface area contributed by atoms with Gasteiger partial charge in [-0.1, -0.05) is 25.7 Å². The fourth-order valence-corrected chi connectivity index (χ4v) is 2.81. The zero-order valence-electron chi connectivity index (χ0n) is 10.9. The molecule has 0 radical (unpaired) electrons. The maximum Gasteiger partial charge on any atom is 0.0832 e. The van der Waals surface area contributed by atoms with Gasteiger partial charge in [0.15, 0.2) is 0 Å². The number of likely N-dealkylation sites (N-methyl/N-ethyl adjacent to an activating group) is 1. The van der Waals surface area contributed by atoms with Crippen LogP contribution in [0.25, 0.3) is 0 Å². The predicted molar refractivity (Wildman–Crippen MR) is 68.2 cm³/mol. The molecule has 2 heteroatoms. The zero-order chi connectivity index (χ0) is 12.0. The van der Waals surface area contributed by atoms with Crippen molar-refractivity contribution in [2.24, 2.45) is 0 Å². The Labute approximate surface area is 100 Å².